The molecule has 4 aromatic carbocycles. The van der Waals surface area contributed by atoms with Gasteiger partial charge in [-0.15, -0.1) is 0 Å². The zero-order valence-electron chi connectivity index (χ0n) is 20.0. The lowest BCUT2D eigenvalue weighted by atomic mass is 10.1. The van der Waals surface area contributed by atoms with Gasteiger partial charge in [0.1, 0.15) is 17.3 Å². The van der Waals surface area contributed by atoms with E-state index in [0.29, 0.717) is 32.1 Å². The number of ether oxygens (including phenoxy) is 1. The lowest BCUT2D eigenvalue weighted by Gasteiger charge is -2.16. The Morgan fingerprint density at radius 1 is 0.811 bits per heavy atom. The van der Waals surface area contributed by atoms with E-state index in [1.54, 1.807) is 42.5 Å². The summed E-state index contributed by atoms with van der Waals surface area (Å²) in [5.74, 6) is -0.407. The van der Waals surface area contributed by atoms with E-state index in [2.05, 4.69) is 0 Å². The van der Waals surface area contributed by atoms with Crippen molar-refractivity contribution in [3.8, 4) is 5.75 Å². The van der Waals surface area contributed by atoms with Gasteiger partial charge in [0.05, 0.1) is 5.75 Å². The Morgan fingerprint density at radius 2 is 1.43 bits per heavy atom. The van der Waals surface area contributed by atoms with Crippen LogP contribution < -0.4 is 4.74 Å². The third kappa shape index (κ3) is 6.89. The summed E-state index contributed by atoms with van der Waals surface area (Å²) < 4.78 is 34.0. The summed E-state index contributed by atoms with van der Waals surface area (Å²) in [6.45, 7) is 2.24. The molecule has 0 heterocycles. The number of sulfone groups is 1. The Balaban J connectivity index is 1.80. The molecule has 0 saturated heterocycles. The van der Waals surface area contributed by atoms with Crippen LogP contribution >= 0.6 is 34.2 Å². The topological polar surface area (TPSA) is 60.4 Å². The van der Waals surface area contributed by atoms with Crippen molar-refractivity contribution in [3.63, 3.8) is 0 Å². The van der Waals surface area contributed by atoms with Crippen molar-refractivity contribution in [3.05, 3.63) is 141 Å². The molecule has 0 fully saturated rings. The molecule has 4 nitrogen and oxygen atoms in total. The maximum atomic E-state index is 13.8. The largest absolute Gasteiger partial charge is 0.488 e. The standard InChI is InChI=1S/C30H24ClIO4S/c1-21-11-13-23(14-12-21)20-37(34,35)30(29(33)24-15-17-25(31)18-16-24)28(32)26-9-5-6-10-27(26)36-19-22-7-3-2-4-8-22/h2-18H,19-20H2,1H3. The van der Waals surface area contributed by atoms with Gasteiger partial charge in [0, 0.05) is 19.7 Å². The van der Waals surface area contributed by atoms with Crippen LogP contribution in [0.1, 0.15) is 32.6 Å². The molecule has 0 bridgehead atoms. The van der Waals surface area contributed by atoms with Crippen LogP contribution in [0.2, 0.25) is 5.02 Å². The third-order valence-electron chi connectivity index (χ3n) is 5.66. The van der Waals surface area contributed by atoms with E-state index in [-0.39, 0.29) is 16.2 Å². The van der Waals surface area contributed by atoms with Crippen LogP contribution in [0.5, 0.6) is 5.75 Å². The van der Waals surface area contributed by atoms with Gasteiger partial charge < -0.3 is 4.74 Å². The fourth-order valence-electron chi connectivity index (χ4n) is 3.72. The first-order valence-electron chi connectivity index (χ1n) is 11.5. The Labute approximate surface area is 236 Å². The minimum Gasteiger partial charge on any atom is -0.488 e. The van der Waals surface area contributed by atoms with Crippen LogP contribution in [0.25, 0.3) is 3.58 Å². The third-order valence-corrected chi connectivity index (χ3v) is 9.12. The maximum absolute atomic E-state index is 13.8. The average Bonchev–Trinajstić information content (AvgIpc) is 2.89. The fourth-order valence-corrected chi connectivity index (χ4v) is 7.10. The molecule has 188 valence electrons. The van der Waals surface area contributed by atoms with Gasteiger partial charge in [-0.25, -0.2) is 8.42 Å². The second kappa shape index (κ2) is 12.1. The highest BCUT2D eigenvalue weighted by atomic mass is 127. The van der Waals surface area contributed by atoms with E-state index in [4.69, 9.17) is 16.3 Å². The number of carbonyl (C=O) groups is 1. The molecule has 0 aliphatic carbocycles. The number of halogens is 2. The quantitative estimate of drug-likeness (QED) is 0.106. The van der Waals surface area contributed by atoms with Gasteiger partial charge in [-0.2, -0.15) is 0 Å². The second-order valence-electron chi connectivity index (χ2n) is 8.49. The molecule has 0 unspecified atom stereocenters. The van der Waals surface area contributed by atoms with Crippen LogP contribution in [0.4, 0.5) is 0 Å². The van der Waals surface area contributed by atoms with Gasteiger partial charge in [-0.1, -0.05) is 90.0 Å². The summed E-state index contributed by atoms with van der Waals surface area (Å²) in [7, 11) is -4.04. The number of hydrogen-bond donors (Lipinski definition) is 0. The predicted octanol–water partition coefficient (Wildman–Crippen LogP) is 7.83. The Hall–Kier alpha value is -2.94. The number of para-hydroxylation sites is 1. The number of Topliss-reactive ketones (excluding diaryl/α,β-unsaturated/α-hetero) is 1. The molecule has 0 N–H and O–H groups in total. The molecule has 7 heteroatoms. The molecule has 0 amide bonds. The highest BCUT2D eigenvalue weighted by Crippen LogP contribution is 2.37. The molecule has 0 radical (unpaired) electrons. The van der Waals surface area contributed by atoms with Crippen LogP contribution in [-0.2, 0) is 22.2 Å². The number of aryl methyl sites for hydroxylation is 1. The van der Waals surface area contributed by atoms with Gasteiger partial charge >= 0.3 is 0 Å². The Bertz CT molecular complexity index is 1530. The molecular formula is C30H24ClIO4S. The predicted molar refractivity (Wildman–Crippen MR) is 158 cm³/mol. The van der Waals surface area contributed by atoms with Crippen LogP contribution in [0.3, 0.4) is 0 Å². The van der Waals surface area contributed by atoms with Crippen molar-refractivity contribution in [2.45, 2.75) is 19.3 Å². The number of rotatable bonds is 9. The average molecular weight is 643 g/mol. The first kappa shape index (κ1) is 27.1. The maximum Gasteiger partial charge on any atom is 0.205 e. The van der Waals surface area contributed by atoms with E-state index in [1.807, 2.05) is 78.0 Å². The van der Waals surface area contributed by atoms with E-state index in [1.165, 1.54) is 12.1 Å². The summed E-state index contributed by atoms with van der Waals surface area (Å²) in [4.78, 5) is 13.5. The number of carbonyl (C=O) groups excluding carboxylic acids is 1. The molecular weight excluding hydrogens is 619 g/mol. The van der Waals surface area contributed by atoms with Crippen molar-refractivity contribution >= 4 is 53.4 Å². The van der Waals surface area contributed by atoms with Gasteiger partial charge in [0.2, 0.25) is 5.78 Å². The number of benzene rings is 4. The molecule has 0 aromatic heterocycles. The molecule has 0 saturated carbocycles. The smallest absolute Gasteiger partial charge is 0.205 e. The SMILES string of the molecule is Cc1ccc(CS(=O)(=O)C(C(=O)c2ccc(Cl)cc2)=C(I)c2ccccc2OCc2ccccc2)cc1. The zero-order valence-corrected chi connectivity index (χ0v) is 23.8. The lowest BCUT2D eigenvalue weighted by Crippen LogP contribution is -2.17. The first-order chi connectivity index (χ1) is 17.7. The summed E-state index contributed by atoms with van der Waals surface area (Å²) in [5.41, 5.74) is 3.37. The zero-order chi connectivity index (χ0) is 26.4. The summed E-state index contributed by atoms with van der Waals surface area (Å²) in [6, 6.07) is 30.3. The summed E-state index contributed by atoms with van der Waals surface area (Å²) in [5, 5.41) is 0.457. The molecule has 4 rings (SSSR count). The molecule has 0 aliphatic heterocycles. The van der Waals surface area contributed by atoms with Gasteiger partial charge in [0.25, 0.3) is 0 Å². The Morgan fingerprint density at radius 3 is 2.11 bits per heavy atom. The number of ketones is 1. The molecule has 0 aliphatic rings. The molecule has 37 heavy (non-hydrogen) atoms. The molecule has 4 aromatic rings. The normalized spacial score (nSPS) is 12.1. The monoisotopic (exact) mass is 642 g/mol. The molecule has 0 spiro atoms. The highest BCUT2D eigenvalue weighted by molar-refractivity contribution is 14.1. The van der Waals surface area contributed by atoms with E-state index in [0.717, 1.165) is 11.1 Å². The first-order valence-corrected chi connectivity index (χ1v) is 14.6. The van der Waals surface area contributed by atoms with Gasteiger partial charge in [-0.3, -0.25) is 4.79 Å². The van der Waals surface area contributed by atoms with E-state index >= 15 is 0 Å². The highest BCUT2D eigenvalue weighted by Gasteiger charge is 2.31. The van der Waals surface area contributed by atoms with Crippen molar-refractivity contribution in [2.24, 2.45) is 0 Å². The van der Waals surface area contributed by atoms with Crippen molar-refractivity contribution in [1.29, 1.82) is 0 Å². The van der Waals surface area contributed by atoms with Gasteiger partial charge in [0.15, 0.2) is 9.84 Å². The van der Waals surface area contributed by atoms with Crippen LogP contribution in [-0.4, -0.2) is 14.2 Å². The van der Waals surface area contributed by atoms with Crippen LogP contribution in [0, 0.1) is 6.92 Å². The van der Waals surface area contributed by atoms with Gasteiger partial charge in [-0.05, 0) is 71.0 Å². The van der Waals surface area contributed by atoms with Crippen molar-refractivity contribution in [2.75, 3.05) is 0 Å². The van der Waals surface area contributed by atoms with E-state index < -0.39 is 15.6 Å². The minimum absolute atomic E-state index is 0.240. The summed E-state index contributed by atoms with van der Waals surface area (Å²) in [6.07, 6.45) is 0. The van der Waals surface area contributed by atoms with Crippen molar-refractivity contribution in [1.82, 2.24) is 0 Å². The number of hydrogen-bond acceptors (Lipinski definition) is 4. The molecule has 0 atom stereocenters. The second-order valence-corrected chi connectivity index (χ2v) is 11.9. The van der Waals surface area contributed by atoms with Crippen LogP contribution in [0.15, 0.2) is 108 Å². The van der Waals surface area contributed by atoms with Crippen molar-refractivity contribution < 1.29 is 17.9 Å². The lowest BCUT2D eigenvalue weighted by molar-refractivity contribution is 0.104. The summed E-state index contributed by atoms with van der Waals surface area (Å²) >= 11 is 7.96. The number of allylic oxidation sites excluding steroid dienone is 1. The minimum atomic E-state index is -4.04. The van der Waals surface area contributed by atoms with E-state index in [9.17, 15) is 13.2 Å². The Kier molecular flexibility index (Phi) is 8.84. The fraction of sp³-hybridized carbons (Fsp3) is 0.100.